The smallest absolute Gasteiger partial charge is 0.406 e. The summed E-state index contributed by atoms with van der Waals surface area (Å²) in [6.07, 6.45) is -2.90. The first-order valence-corrected chi connectivity index (χ1v) is 8.13. The van der Waals surface area contributed by atoms with Crippen molar-refractivity contribution in [3.05, 3.63) is 53.1 Å². The molecule has 1 atom stereocenters. The summed E-state index contributed by atoms with van der Waals surface area (Å²) in [5.74, 6) is 0.185. The standard InChI is InChI=1S/C20H20F3NO/c1-4-13(2)8-19-14(3)9-16(10-17(19)12-24)15-6-5-7-18(11-15)25-20(21,22)23/h5-7,9-11,13H,4,8H2,1-3H3. The highest BCUT2D eigenvalue weighted by Crippen LogP contribution is 2.31. The first kappa shape index (κ1) is 18.9. The Bertz CT molecular complexity index is 791. The maximum Gasteiger partial charge on any atom is 0.573 e. The summed E-state index contributed by atoms with van der Waals surface area (Å²) >= 11 is 0. The van der Waals surface area contributed by atoms with E-state index in [1.54, 1.807) is 12.1 Å². The molecular formula is C20H20F3NO. The van der Waals surface area contributed by atoms with E-state index in [2.05, 4.69) is 24.7 Å². The molecule has 2 nitrogen and oxygen atoms in total. The highest BCUT2D eigenvalue weighted by molar-refractivity contribution is 5.69. The summed E-state index contributed by atoms with van der Waals surface area (Å²) in [4.78, 5) is 0. The lowest BCUT2D eigenvalue weighted by Gasteiger charge is -2.15. The van der Waals surface area contributed by atoms with Crippen molar-refractivity contribution < 1.29 is 17.9 Å². The minimum atomic E-state index is -4.73. The molecule has 2 aromatic carbocycles. The van der Waals surface area contributed by atoms with E-state index in [1.807, 2.05) is 13.0 Å². The van der Waals surface area contributed by atoms with Gasteiger partial charge in [0.1, 0.15) is 5.75 Å². The number of ether oxygens (including phenoxy) is 1. The predicted molar refractivity (Wildman–Crippen MR) is 91.2 cm³/mol. The fraction of sp³-hybridized carbons (Fsp3) is 0.350. The van der Waals surface area contributed by atoms with Crippen LogP contribution in [0, 0.1) is 24.2 Å². The Morgan fingerprint density at radius 3 is 2.48 bits per heavy atom. The second-order valence-corrected chi connectivity index (χ2v) is 6.22. The van der Waals surface area contributed by atoms with E-state index in [9.17, 15) is 18.4 Å². The number of hydrogen-bond donors (Lipinski definition) is 0. The number of hydrogen-bond acceptors (Lipinski definition) is 2. The second-order valence-electron chi connectivity index (χ2n) is 6.22. The quantitative estimate of drug-likeness (QED) is 0.662. The summed E-state index contributed by atoms with van der Waals surface area (Å²) in [5.41, 5.74) is 3.82. The van der Waals surface area contributed by atoms with Crippen LogP contribution in [0.25, 0.3) is 11.1 Å². The van der Waals surface area contributed by atoms with Crippen molar-refractivity contribution in [3.8, 4) is 22.9 Å². The highest BCUT2D eigenvalue weighted by Gasteiger charge is 2.31. The molecule has 5 heteroatoms. The van der Waals surface area contributed by atoms with Crippen molar-refractivity contribution >= 4 is 0 Å². The average Bonchev–Trinajstić information content (AvgIpc) is 2.54. The second kappa shape index (κ2) is 7.60. The van der Waals surface area contributed by atoms with Gasteiger partial charge in [0.25, 0.3) is 0 Å². The molecular weight excluding hydrogens is 327 g/mol. The van der Waals surface area contributed by atoms with Crippen LogP contribution < -0.4 is 4.74 Å². The van der Waals surface area contributed by atoms with Gasteiger partial charge in [-0.2, -0.15) is 5.26 Å². The highest BCUT2D eigenvalue weighted by atomic mass is 19.4. The molecule has 0 aliphatic heterocycles. The third-order valence-corrected chi connectivity index (χ3v) is 4.24. The number of aryl methyl sites for hydroxylation is 1. The lowest BCUT2D eigenvalue weighted by Crippen LogP contribution is -2.17. The summed E-state index contributed by atoms with van der Waals surface area (Å²) in [6, 6.07) is 11.7. The summed E-state index contributed by atoms with van der Waals surface area (Å²) < 4.78 is 41.2. The Morgan fingerprint density at radius 2 is 1.88 bits per heavy atom. The lowest BCUT2D eigenvalue weighted by atomic mass is 9.89. The van der Waals surface area contributed by atoms with Crippen LogP contribution >= 0.6 is 0 Å². The first-order chi connectivity index (χ1) is 11.7. The van der Waals surface area contributed by atoms with E-state index in [-0.39, 0.29) is 5.75 Å². The van der Waals surface area contributed by atoms with Gasteiger partial charge in [-0.15, -0.1) is 13.2 Å². The Labute approximate surface area is 145 Å². The number of halogens is 3. The summed E-state index contributed by atoms with van der Waals surface area (Å²) in [7, 11) is 0. The predicted octanol–water partition coefficient (Wildman–Crippen LogP) is 6.02. The van der Waals surface area contributed by atoms with Crippen LogP contribution in [-0.2, 0) is 6.42 Å². The van der Waals surface area contributed by atoms with Crippen molar-refractivity contribution in [2.24, 2.45) is 5.92 Å². The zero-order chi connectivity index (χ0) is 18.6. The van der Waals surface area contributed by atoms with Crippen LogP contribution in [0.5, 0.6) is 5.75 Å². The van der Waals surface area contributed by atoms with E-state index in [4.69, 9.17) is 0 Å². The Hall–Kier alpha value is -2.48. The van der Waals surface area contributed by atoms with Crippen molar-refractivity contribution in [1.29, 1.82) is 5.26 Å². The van der Waals surface area contributed by atoms with Gasteiger partial charge in [-0.1, -0.05) is 38.5 Å². The molecule has 0 aliphatic rings. The third-order valence-electron chi connectivity index (χ3n) is 4.24. The number of nitriles is 1. The van der Waals surface area contributed by atoms with Crippen molar-refractivity contribution in [2.45, 2.75) is 40.0 Å². The van der Waals surface area contributed by atoms with E-state index >= 15 is 0 Å². The normalized spacial score (nSPS) is 12.5. The largest absolute Gasteiger partial charge is 0.573 e. The molecule has 2 rings (SSSR count). The molecule has 0 radical (unpaired) electrons. The van der Waals surface area contributed by atoms with Gasteiger partial charge in [-0.3, -0.25) is 0 Å². The van der Waals surface area contributed by atoms with Crippen LogP contribution in [-0.4, -0.2) is 6.36 Å². The van der Waals surface area contributed by atoms with Crippen LogP contribution in [0.1, 0.15) is 37.0 Å². The Morgan fingerprint density at radius 1 is 1.16 bits per heavy atom. The van der Waals surface area contributed by atoms with Crippen LogP contribution in [0.2, 0.25) is 0 Å². The fourth-order valence-corrected chi connectivity index (χ4v) is 2.72. The zero-order valence-electron chi connectivity index (χ0n) is 14.4. The molecule has 2 aromatic rings. The molecule has 0 aliphatic carbocycles. The third kappa shape index (κ3) is 4.99. The first-order valence-electron chi connectivity index (χ1n) is 8.13. The van der Waals surface area contributed by atoms with E-state index in [0.717, 1.165) is 24.0 Å². The van der Waals surface area contributed by atoms with Crippen molar-refractivity contribution in [2.75, 3.05) is 0 Å². The molecule has 0 amide bonds. The molecule has 0 spiro atoms. The number of nitrogens with zero attached hydrogens (tertiary/aromatic N) is 1. The van der Waals surface area contributed by atoms with Gasteiger partial charge in [0.2, 0.25) is 0 Å². The molecule has 0 bridgehead atoms. The maximum absolute atomic E-state index is 12.4. The fourth-order valence-electron chi connectivity index (χ4n) is 2.72. The van der Waals surface area contributed by atoms with Gasteiger partial charge in [-0.25, -0.2) is 0 Å². The van der Waals surface area contributed by atoms with Crippen molar-refractivity contribution in [1.82, 2.24) is 0 Å². The average molecular weight is 347 g/mol. The van der Waals surface area contributed by atoms with Crippen LogP contribution in [0.15, 0.2) is 36.4 Å². The summed E-state index contributed by atoms with van der Waals surface area (Å²) in [6.45, 7) is 6.16. The molecule has 25 heavy (non-hydrogen) atoms. The number of rotatable bonds is 5. The lowest BCUT2D eigenvalue weighted by molar-refractivity contribution is -0.274. The molecule has 132 valence electrons. The Balaban J connectivity index is 2.42. The van der Waals surface area contributed by atoms with Gasteiger partial charge in [0, 0.05) is 0 Å². The van der Waals surface area contributed by atoms with Gasteiger partial charge in [0.15, 0.2) is 0 Å². The molecule has 0 saturated carbocycles. The zero-order valence-corrected chi connectivity index (χ0v) is 14.4. The number of alkyl halides is 3. The van der Waals surface area contributed by atoms with E-state index in [0.29, 0.717) is 22.6 Å². The van der Waals surface area contributed by atoms with Crippen LogP contribution in [0.3, 0.4) is 0 Å². The minimum absolute atomic E-state index is 0.273. The SMILES string of the molecule is CCC(C)Cc1c(C)cc(-c2cccc(OC(F)(F)F)c2)cc1C#N. The van der Waals surface area contributed by atoms with Gasteiger partial charge in [-0.05, 0) is 59.7 Å². The Kier molecular flexibility index (Phi) is 5.73. The van der Waals surface area contributed by atoms with Crippen molar-refractivity contribution in [3.63, 3.8) is 0 Å². The number of benzene rings is 2. The molecule has 1 unspecified atom stereocenters. The summed E-state index contributed by atoms with van der Waals surface area (Å²) in [5, 5.41) is 9.48. The van der Waals surface area contributed by atoms with Crippen LogP contribution in [0.4, 0.5) is 13.2 Å². The van der Waals surface area contributed by atoms with E-state index in [1.165, 1.54) is 18.2 Å². The van der Waals surface area contributed by atoms with Gasteiger partial charge >= 0.3 is 6.36 Å². The minimum Gasteiger partial charge on any atom is -0.406 e. The molecule has 0 N–H and O–H groups in total. The van der Waals surface area contributed by atoms with E-state index < -0.39 is 6.36 Å². The molecule has 0 fully saturated rings. The molecule has 0 saturated heterocycles. The molecule has 0 heterocycles. The monoisotopic (exact) mass is 347 g/mol. The maximum atomic E-state index is 12.4. The van der Waals surface area contributed by atoms with Gasteiger partial charge in [0.05, 0.1) is 11.6 Å². The topological polar surface area (TPSA) is 33.0 Å². The molecule has 0 aromatic heterocycles. The van der Waals surface area contributed by atoms with Gasteiger partial charge < -0.3 is 4.74 Å².